The molecule has 1 aromatic carbocycles. The molecule has 0 radical (unpaired) electrons. The second-order valence-corrected chi connectivity index (χ2v) is 7.84. The fraction of sp³-hybridized carbons (Fsp3) is 0. The number of hydrogen-bond donors (Lipinski definition) is 1. The SMILES string of the molecule is O=C1NC(=S)N(c2cccc(Br)c2)C(=O)/C1=C/c1cc(Br)c(I)o1. The molecule has 1 aromatic heterocycles. The predicted octanol–water partition coefficient (Wildman–Crippen LogP) is 4.24. The maximum atomic E-state index is 12.8. The van der Waals surface area contributed by atoms with Crippen LogP contribution in [0.5, 0.6) is 0 Å². The van der Waals surface area contributed by atoms with Gasteiger partial charge in [-0.25, -0.2) is 0 Å². The number of hydrogen-bond acceptors (Lipinski definition) is 4. The van der Waals surface area contributed by atoms with Gasteiger partial charge >= 0.3 is 0 Å². The second-order valence-electron chi connectivity index (χ2n) is 4.71. The van der Waals surface area contributed by atoms with Crippen molar-refractivity contribution >= 4 is 95.4 Å². The molecule has 1 aliphatic heterocycles. The van der Waals surface area contributed by atoms with E-state index in [0.717, 1.165) is 8.95 Å². The molecule has 0 spiro atoms. The van der Waals surface area contributed by atoms with Crippen LogP contribution >= 0.6 is 66.7 Å². The summed E-state index contributed by atoms with van der Waals surface area (Å²) >= 11 is 13.8. The van der Waals surface area contributed by atoms with Crippen LogP contribution in [0.3, 0.4) is 0 Å². The molecule has 122 valence electrons. The maximum absolute atomic E-state index is 12.8. The van der Waals surface area contributed by atoms with Crippen LogP contribution < -0.4 is 10.2 Å². The topological polar surface area (TPSA) is 62.6 Å². The van der Waals surface area contributed by atoms with E-state index >= 15 is 0 Å². The summed E-state index contributed by atoms with van der Waals surface area (Å²) in [5.41, 5.74) is 0.502. The van der Waals surface area contributed by atoms with Crippen LogP contribution in [0, 0.1) is 3.77 Å². The minimum atomic E-state index is -0.557. The zero-order valence-corrected chi connectivity index (χ0v) is 17.8. The third-order valence-corrected chi connectivity index (χ3v) is 6.03. The minimum Gasteiger partial charge on any atom is -0.450 e. The number of carbonyl (C=O) groups excluding carboxylic acids is 2. The van der Waals surface area contributed by atoms with Gasteiger partial charge in [-0.15, -0.1) is 0 Å². The van der Waals surface area contributed by atoms with E-state index in [1.54, 1.807) is 24.3 Å². The molecule has 0 saturated carbocycles. The van der Waals surface area contributed by atoms with Crippen LogP contribution in [-0.2, 0) is 9.59 Å². The second kappa shape index (κ2) is 7.06. The molecule has 1 N–H and O–H groups in total. The number of anilines is 1. The van der Waals surface area contributed by atoms with Gasteiger partial charge < -0.3 is 4.42 Å². The average molecular weight is 582 g/mol. The van der Waals surface area contributed by atoms with Crippen molar-refractivity contribution < 1.29 is 14.0 Å². The first-order chi connectivity index (χ1) is 11.4. The summed E-state index contributed by atoms with van der Waals surface area (Å²) in [6, 6.07) is 8.77. The maximum Gasteiger partial charge on any atom is 0.270 e. The highest BCUT2D eigenvalue weighted by Gasteiger charge is 2.34. The molecule has 0 unspecified atom stereocenters. The van der Waals surface area contributed by atoms with Crippen LogP contribution in [0.25, 0.3) is 6.08 Å². The summed E-state index contributed by atoms with van der Waals surface area (Å²) in [5, 5.41) is 2.57. The Labute approximate surface area is 172 Å². The summed E-state index contributed by atoms with van der Waals surface area (Å²) in [6.07, 6.45) is 1.40. The van der Waals surface area contributed by atoms with Gasteiger partial charge in [0.05, 0.1) is 10.2 Å². The highest BCUT2D eigenvalue weighted by Crippen LogP contribution is 2.27. The third-order valence-electron chi connectivity index (χ3n) is 3.12. The predicted molar refractivity (Wildman–Crippen MR) is 109 cm³/mol. The van der Waals surface area contributed by atoms with Gasteiger partial charge in [0.15, 0.2) is 8.88 Å². The lowest BCUT2D eigenvalue weighted by molar-refractivity contribution is -0.122. The Hall–Kier alpha value is -1.04. The number of amides is 2. The average Bonchev–Trinajstić information content (AvgIpc) is 2.82. The monoisotopic (exact) mass is 580 g/mol. The number of halogens is 3. The molecular formula is C15H7Br2IN2O3S. The molecule has 9 heteroatoms. The van der Waals surface area contributed by atoms with Crippen molar-refractivity contribution in [1.29, 1.82) is 0 Å². The molecule has 0 bridgehead atoms. The lowest BCUT2D eigenvalue weighted by Crippen LogP contribution is -2.54. The lowest BCUT2D eigenvalue weighted by Gasteiger charge is -2.28. The van der Waals surface area contributed by atoms with Crippen LogP contribution in [0.4, 0.5) is 5.69 Å². The van der Waals surface area contributed by atoms with E-state index in [-0.39, 0.29) is 10.7 Å². The molecule has 2 amide bonds. The number of furan rings is 1. The van der Waals surface area contributed by atoms with Crippen LogP contribution in [-0.4, -0.2) is 16.9 Å². The van der Waals surface area contributed by atoms with Crippen molar-refractivity contribution in [2.24, 2.45) is 0 Å². The first-order valence-electron chi connectivity index (χ1n) is 6.48. The number of carbonyl (C=O) groups is 2. The summed E-state index contributed by atoms with van der Waals surface area (Å²) < 4.78 is 7.64. The molecule has 0 aliphatic carbocycles. The minimum absolute atomic E-state index is 0.0375. The van der Waals surface area contributed by atoms with Gasteiger partial charge in [0.1, 0.15) is 11.3 Å². The van der Waals surface area contributed by atoms with Gasteiger partial charge in [-0.1, -0.05) is 22.0 Å². The Morgan fingerprint density at radius 3 is 2.62 bits per heavy atom. The summed E-state index contributed by atoms with van der Waals surface area (Å²) in [5.74, 6) is -0.671. The van der Waals surface area contributed by atoms with E-state index in [1.165, 1.54) is 11.0 Å². The molecule has 0 atom stereocenters. The van der Waals surface area contributed by atoms with Crippen molar-refractivity contribution in [3.8, 4) is 0 Å². The molecule has 3 rings (SSSR count). The van der Waals surface area contributed by atoms with Crippen LogP contribution in [0.2, 0.25) is 0 Å². The van der Waals surface area contributed by atoms with Crippen molar-refractivity contribution in [3.63, 3.8) is 0 Å². The zero-order chi connectivity index (χ0) is 17.4. The molecule has 2 aromatic rings. The normalized spacial score (nSPS) is 16.7. The van der Waals surface area contributed by atoms with Gasteiger partial charge in [0.2, 0.25) is 0 Å². The van der Waals surface area contributed by atoms with E-state index < -0.39 is 11.8 Å². The van der Waals surface area contributed by atoms with Crippen molar-refractivity contribution in [1.82, 2.24) is 5.32 Å². The van der Waals surface area contributed by atoms with Crippen LogP contribution in [0.1, 0.15) is 5.76 Å². The van der Waals surface area contributed by atoms with Gasteiger partial charge in [-0.05, 0) is 58.5 Å². The quantitative estimate of drug-likeness (QED) is 0.249. The molecule has 1 fully saturated rings. The Bertz CT molecular complexity index is 890. The van der Waals surface area contributed by atoms with E-state index in [4.69, 9.17) is 16.6 Å². The highest BCUT2D eigenvalue weighted by atomic mass is 127. The van der Waals surface area contributed by atoms with E-state index in [9.17, 15) is 9.59 Å². The highest BCUT2D eigenvalue weighted by molar-refractivity contribution is 14.1. The third kappa shape index (κ3) is 3.48. The first kappa shape index (κ1) is 17.8. The Kier molecular flexibility index (Phi) is 5.23. The smallest absolute Gasteiger partial charge is 0.270 e. The Balaban J connectivity index is 2.03. The van der Waals surface area contributed by atoms with Gasteiger partial charge in [0.25, 0.3) is 11.8 Å². The number of benzene rings is 1. The standard InChI is InChI=1S/C15H7Br2IN2O3S/c16-7-2-1-3-8(4-7)20-14(22)10(13(21)19-15(20)24)5-9-6-11(17)12(18)23-9/h1-6H,(H,19,21,24)/b10-5+. The number of nitrogens with zero attached hydrogens (tertiary/aromatic N) is 1. The van der Waals surface area contributed by atoms with Crippen molar-refractivity contribution in [2.75, 3.05) is 4.90 Å². The Morgan fingerprint density at radius 1 is 1.25 bits per heavy atom. The molecular weight excluding hydrogens is 575 g/mol. The number of thiocarbonyl (C=S) groups is 1. The van der Waals surface area contributed by atoms with Gasteiger partial charge in [-0.3, -0.25) is 19.8 Å². The molecule has 1 saturated heterocycles. The first-order valence-corrected chi connectivity index (χ1v) is 9.56. The molecule has 2 heterocycles. The zero-order valence-electron chi connectivity index (χ0n) is 11.7. The Morgan fingerprint density at radius 2 is 2.00 bits per heavy atom. The lowest BCUT2D eigenvalue weighted by atomic mass is 10.1. The van der Waals surface area contributed by atoms with Gasteiger partial charge in [-0.2, -0.15) is 0 Å². The van der Waals surface area contributed by atoms with Crippen molar-refractivity contribution in [2.45, 2.75) is 0 Å². The van der Waals surface area contributed by atoms with Crippen molar-refractivity contribution in [3.05, 3.63) is 54.4 Å². The fourth-order valence-electron chi connectivity index (χ4n) is 2.08. The summed E-state index contributed by atoms with van der Waals surface area (Å²) in [4.78, 5) is 26.2. The number of rotatable bonds is 2. The molecule has 1 aliphatic rings. The number of nitrogens with one attached hydrogen (secondary N) is 1. The largest absolute Gasteiger partial charge is 0.450 e. The summed E-state index contributed by atoms with van der Waals surface area (Å²) in [7, 11) is 0. The van der Waals surface area contributed by atoms with Crippen LogP contribution in [0.15, 0.2) is 49.3 Å². The van der Waals surface area contributed by atoms with E-state index in [1.807, 2.05) is 28.7 Å². The molecule has 5 nitrogen and oxygen atoms in total. The molecule has 24 heavy (non-hydrogen) atoms. The summed E-state index contributed by atoms with van der Waals surface area (Å²) in [6.45, 7) is 0. The fourth-order valence-corrected chi connectivity index (χ4v) is 3.47. The van der Waals surface area contributed by atoms with E-state index in [0.29, 0.717) is 15.2 Å². The van der Waals surface area contributed by atoms with E-state index in [2.05, 4.69) is 37.2 Å². The van der Waals surface area contributed by atoms with Gasteiger partial charge in [0, 0.05) is 27.1 Å².